The molecule has 0 saturated heterocycles. The number of benzene rings is 3. The molecule has 0 radical (unpaired) electrons. The van der Waals surface area contributed by atoms with Gasteiger partial charge in [0, 0.05) is 18.5 Å². The molecule has 0 spiro atoms. The molecule has 0 aliphatic heterocycles. The smallest absolute Gasteiger partial charge is 0.281 e. The highest BCUT2D eigenvalue weighted by Gasteiger charge is 2.14. The lowest BCUT2D eigenvalue weighted by molar-refractivity contribution is 0.669. The Kier molecular flexibility index (Phi) is 5.99. The van der Waals surface area contributed by atoms with Gasteiger partial charge in [-0.05, 0) is 46.9 Å². The monoisotopic (exact) mass is 450 g/mol. The van der Waals surface area contributed by atoms with E-state index < -0.39 is 0 Å². The molecule has 2 aromatic heterocycles. The van der Waals surface area contributed by atoms with Crippen molar-refractivity contribution in [3.05, 3.63) is 94.0 Å². The number of hydrogen-bond acceptors (Lipinski definition) is 5. The maximum atomic E-state index is 12.8. The van der Waals surface area contributed by atoms with Crippen LogP contribution < -0.4 is 5.56 Å². The molecule has 0 aliphatic rings. The predicted molar refractivity (Wildman–Crippen MR) is 134 cm³/mol. The maximum absolute atomic E-state index is 12.8. The van der Waals surface area contributed by atoms with Gasteiger partial charge in [-0.25, -0.2) is 0 Å². The van der Waals surface area contributed by atoms with E-state index in [-0.39, 0.29) is 5.56 Å². The lowest BCUT2D eigenvalue weighted by atomic mass is 9.98. The van der Waals surface area contributed by atoms with Crippen LogP contribution in [0.4, 0.5) is 0 Å². The first kappa shape index (κ1) is 21.7. The number of aryl methyl sites for hydroxylation is 2. The van der Waals surface area contributed by atoms with E-state index in [1.807, 2.05) is 43.3 Å². The molecule has 5 aromatic rings. The Hall–Kier alpha value is -4.13. The van der Waals surface area contributed by atoms with Gasteiger partial charge in [-0.15, -0.1) is 10.2 Å². The lowest BCUT2D eigenvalue weighted by Crippen LogP contribution is -2.20. The van der Waals surface area contributed by atoms with Crippen molar-refractivity contribution in [2.75, 3.05) is 0 Å². The molecule has 170 valence electrons. The zero-order chi connectivity index (χ0) is 23.5. The number of tetrazole rings is 1. The molecular formula is C27H26N6O. The summed E-state index contributed by atoms with van der Waals surface area (Å²) in [6, 6.07) is 22.5. The fourth-order valence-corrected chi connectivity index (χ4v) is 4.41. The number of nitrogens with one attached hydrogen (secondary N) is 1. The van der Waals surface area contributed by atoms with Crippen molar-refractivity contribution >= 4 is 10.9 Å². The topological polar surface area (TPSA) is 89.4 Å². The molecule has 0 atom stereocenters. The second-order valence-corrected chi connectivity index (χ2v) is 8.47. The minimum atomic E-state index is -0.135. The second kappa shape index (κ2) is 9.39. The van der Waals surface area contributed by atoms with Crippen LogP contribution in [0, 0.1) is 6.92 Å². The first-order valence-corrected chi connectivity index (χ1v) is 11.6. The van der Waals surface area contributed by atoms with Gasteiger partial charge in [0.05, 0.1) is 10.9 Å². The summed E-state index contributed by atoms with van der Waals surface area (Å²) in [5, 5.41) is 15.2. The summed E-state index contributed by atoms with van der Waals surface area (Å²) < 4.78 is 2.20. The van der Waals surface area contributed by atoms with Gasteiger partial charge >= 0.3 is 0 Å². The zero-order valence-corrected chi connectivity index (χ0v) is 19.3. The van der Waals surface area contributed by atoms with Crippen molar-refractivity contribution in [3.8, 4) is 22.5 Å². The Morgan fingerprint density at radius 3 is 2.47 bits per heavy atom. The Bertz CT molecular complexity index is 1490. The molecule has 0 amide bonds. The van der Waals surface area contributed by atoms with Crippen molar-refractivity contribution < 1.29 is 0 Å². The first-order chi connectivity index (χ1) is 16.7. The van der Waals surface area contributed by atoms with E-state index in [1.165, 1.54) is 0 Å². The normalized spacial score (nSPS) is 11.2. The van der Waals surface area contributed by atoms with Crippen molar-refractivity contribution in [3.63, 3.8) is 0 Å². The van der Waals surface area contributed by atoms with Crippen LogP contribution in [0.15, 0.2) is 71.5 Å². The number of aromatic amines is 1. The second-order valence-electron chi connectivity index (χ2n) is 8.47. The summed E-state index contributed by atoms with van der Waals surface area (Å²) in [4.78, 5) is 17.3. The summed E-state index contributed by atoms with van der Waals surface area (Å²) >= 11 is 0. The molecule has 0 unspecified atom stereocenters. The van der Waals surface area contributed by atoms with Gasteiger partial charge < -0.3 is 4.57 Å². The Morgan fingerprint density at radius 2 is 1.74 bits per heavy atom. The van der Waals surface area contributed by atoms with Crippen LogP contribution in [0.3, 0.4) is 0 Å². The van der Waals surface area contributed by atoms with Gasteiger partial charge in [0.2, 0.25) is 5.82 Å². The van der Waals surface area contributed by atoms with Gasteiger partial charge in [-0.2, -0.15) is 10.2 Å². The Labute approximate surface area is 197 Å². The fraction of sp³-hybridized carbons (Fsp3) is 0.222. The molecule has 0 fully saturated rings. The van der Waals surface area contributed by atoms with E-state index in [2.05, 4.69) is 67.4 Å². The van der Waals surface area contributed by atoms with Crippen molar-refractivity contribution in [1.82, 2.24) is 30.2 Å². The van der Waals surface area contributed by atoms with Crippen LogP contribution in [0.1, 0.15) is 36.7 Å². The van der Waals surface area contributed by atoms with E-state index in [9.17, 15) is 4.79 Å². The van der Waals surface area contributed by atoms with E-state index in [4.69, 9.17) is 0 Å². The summed E-state index contributed by atoms with van der Waals surface area (Å²) in [7, 11) is 0. The average molecular weight is 451 g/mol. The molecule has 0 aliphatic carbocycles. The van der Waals surface area contributed by atoms with Crippen LogP contribution in [-0.2, 0) is 13.0 Å². The van der Waals surface area contributed by atoms with Crippen LogP contribution in [-0.4, -0.2) is 30.2 Å². The van der Waals surface area contributed by atoms with Crippen LogP contribution in [0.25, 0.3) is 33.4 Å². The summed E-state index contributed by atoms with van der Waals surface area (Å²) in [5.74, 6) is 1.41. The number of fused-ring (bicyclic) bond motifs is 1. The highest BCUT2D eigenvalue weighted by molar-refractivity contribution is 5.82. The molecular weight excluding hydrogens is 424 g/mol. The standard InChI is InChI=1S/C27H26N6O/c1-3-4-12-24-28-27(34)25-18(2)8-7-11-23(25)33(24)17-19-13-15-20(16-14-19)21-9-5-6-10-22(21)26-29-31-32-30-26/h5-11,13-16H,3-4,12,17H2,1-2H3,(H,29,30,31,32). The van der Waals surface area contributed by atoms with Crippen LogP contribution >= 0.6 is 0 Å². The minimum absolute atomic E-state index is 0.135. The number of aromatic nitrogens is 6. The molecule has 7 heteroatoms. The van der Waals surface area contributed by atoms with Gasteiger partial charge in [0.15, 0.2) is 0 Å². The quantitative estimate of drug-likeness (QED) is 0.379. The van der Waals surface area contributed by atoms with E-state index in [1.54, 1.807) is 0 Å². The fourth-order valence-electron chi connectivity index (χ4n) is 4.41. The molecule has 5 rings (SSSR count). The van der Waals surface area contributed by atoms with Crippen molar-refractivity contribution in [2.45, 2.75) is 39.7 Å². The number of nitrogens with zero attached hydrogens (tertiary/aromatic N) is 5. The molecule has 0 saturated carbocycles. The maximum Gasteiger partial charge on any atom is 0.281 e. The molecule has 2 heterocycles. The number of H-pyrrole nitrogens is 1. The number of rotatable bonds is 7. The zero-order valence-electron chi connectivity index (χ0n) is 19.3. The van der Waals surface area contributed by atoms with Crippen molar-refractivity contribution in [1.29, 1.82) is 0 Å². The minimum Gasteiger partial charge on any atom is -0.325 e. The van der Waals surface area contributed by atoms with Gasteiger partial charge in [0.25, 0.3) is 5.56 Å². The third-order valence-electron chi connectivity index (χ3n) is 6.17. The average Bonchev–Trinajstić information content (AvgIpc) is 3.40. The third-order valence-corrected chi connectivity index (χ3v) is 6.17. The SMILES string of the molecule is CCCCc1nc(=O)c2c(C)cccc2n1Cc1ccc(-c2ccccc2-c2nn[nH]n2)cc1. The predicted octanol–water partition coefficient (Wildman–Crippen LogP) is 4.94. The lowest BCUT2D eigenvalue weighted by Gasteiger charge is -2.17. The highest BCUT2D eigenvalue weighted by atomic mass is 16.1. The number of unbranched alkanes of at least 4 members (excludes halogenated alkanes) is 1. The largest absolute Gasteiger partial charge is 0.325 e. The third kappa shape index (κ3) is 4.12. The molecule has 0 bridgehead atoms. The van der Waals surface area contributed by atoms with E-state index in [0.29, 0.717) is 17.8 Å². The number of hydrogen-bond donors (Lipinski definition) is 1. The Balaban J connectivity index is 1.53. The van der Waals surface area contributed by atoms with Crippen LogP contribution in [0.2, 0.25) is 0 Å². The van der Waals surface area contributed by atoms with E-state index in [0.717, 1.165) is 58.4 Å². The molecule has 1 N–H and O–H groups in total. The van der Waals surface area contributed by atoms with Crippen molar-refractivity contribution in [2.24, 2.45) is 0 Å². The Morgan fingerprint density at radius 1 is 0.941 bits per heavy atom. The van der Waals surface area contributed by atoms with E-state index >= 15 is 0 Å². The molecule has 7 nitrogen and oxygen atoms in total. The van der Waals surface area contributed by atoms with Crippen LogP contribution in [0.5, 0.6) is 0 Å². The van der Waals surface area contributed by atoms with Gasteiger partial charge in [-0.1, -0.05) is 74.0 Å². The highest BCUT2D eigenvalue weighted by Crippen LogP contribution is 2.30. The first-order valence-electron chi connectivity index (χ1n) is 11.6. The molecule has 34 heavy (non-hydrogen) atoms. The summed E-state index contributed by atoms with van der Waals surface area (Å²) in [6.07, 6.45) is 2.83. The van der Waals surface area contributed by atoms with Gasteiger partial charge in [-0.3, -0.25) is 4.79 Å². The summed E-state index contributed by atoms with van der Waals surface area (Å²) in [6.45, 7) is 4.77. The molecule has 3 aromatic carbocycles. The van der Waals surface area contributed by atoms with Gasteiger partial charge in [0.1, 0.15) is 5.82 Å². The summed E-state index contributed by atoms with van der Waals surface area (Å²) in [5.41, 5.74) is 5.96.